The average Bonchev–Trinajstić information content (AvgIpc) is 2.92. The Hall–Kier alpha value is -1.94. The van der Waals surface area contributed by atoms with Crippen molar-refractivity contribution in [1.29, 1.82) is 0 Å². The maximum Gasteiger partial charge on any atom is 0.169 e. The molecule has 2 aliphatic carbocycles. The number of likely N-dealkylation sites (tertiary alicyclic amines) is 1. The van der Waals surface area contributed by atoms with Crippen LogP contribution in [-0.2, 0) is 16.6 Å². The number of benzene rings is 1. The minimum atomic E-state index is -0.0747. The van der Waals surface area contributed by atoms with Crippen molar-refractivity contribution >= 4 is 0 Å². The molecule has 1 spiro atoms. The molecule has 0 aromatic heterocycles. The molecule has 0 amide bonds. The number of hydrogen-bond donors (Lipinski definition) is 0. The zero-order valence-electron chi connectivity index (χ0n) is 13.8. The van der Waals surface area contributed by atoms with Crippen LogP contribution < -0.4 is 9.47 Å². The largest absolute Gasteiger partial charge is 0.497 e. The second-order valence-electron chi connectivity index (χ2n) is 6.95. The molecule has 3 atom stereocenters. The van der Waals surface area contributed by atoms with Crippen LogP contribution in [0.2, 0.25) is 0 Å². The van der Waals surface area contributed by atoms with E-state index in [4.69, 9.17) is 14.2 Å². The Morgan fingerprint density at radius 2 is 2.09 bits per heavy atom. The summed E-state index contributed by atoms with van der Waals surface area (Å²) in [5.41, 5.74) is 4.15. The summed E-state index contributed by atoms with van der Waals surface area (Å²) in [6.07, 6.45) is 6.41. The van der Waals surface area contributed by atoms with E-state index in [1.165, 1.54) is 16.7 Å². The molecule has 4 heteroatoms. The van der Waals surface area contributed by atoms with Gasteiger partial charge in [-0.1, -0.05) is 12.1 Å². The maximum absolute atomic E-state index is 6.46. The SMILES string of the molecule is COC1=CC=C2[C@H]3Cc4ccc(OC)c5c4[C@@]2(CCN3C)C1O5. The quantitative estimate of drug-likeness (QED) is 0.839. The van der Waals surface area contributed by atoms with Gasteiger partial charge in [0.2, 0.25) is 0 Å². The summed E-state index contributed by atoms with van der Waals surface area (Å²) in [5, 5.41) is 0. The van der Waals surface area contributed by atoms with Crippen LogP contribution in [0.4, 0.5) is 0 Å². The summed E-state index contributed by atoms with van der Waals surface area (Å²) >= 11 is 0. The molecule has 1 saturated heterocycles. The number of methoxy groups -OCH3 is 2. The van der Waals surface area contributed by atoms with Crippen LogP contribution >= 0.6 is 0 Å². The van der Waals surface area contributed by atoms with E-state index in [1.807, 2.05) is 6.07 Å². The molecule has 2 bridgehead atoms. The number of allylic oxidation sites excluding steroid dienone is 2. The van der Waals surface area contributed by atoms with E-state index in [9.17, 15) is 0 Å². The lowest BCUT2D eigenvalue weighted by molar-refractivity contribution is 0.0734. The minimum absolute atomic E-state index is 0.0611. The van der Waals surface area contributed by atoms with Gasteiger partial charge >= 0.3 is 0 Å². The summed E-state index contributed by atoms with van der Waals surface area (Å²) in [5.74, 6) is 2.68. The molecule has 4 aliphatic rings. The summed E-state index contributed by atoms with van der Waals surface area (Å²) in [4.78, 5) is 2.48. The van der Waals surface area contributed by atoms with Crippen molar-refractivity contribution in [3.63, 3.8) is 0 Å². The fourth-order valence-electron chi connectivity index (χ4n) is 5.10. The Kier molecular flexibility index (Phi) is 2.54. The first kappa shape index (κ1) is 13.5. The fourth-order valence-corrected chi connectivity index (χ4v) is 5.10. The Morgan fingerprint density at radius 3 is 2.87 bits per heavy atom. The topological polar surface area (TPSA) is 30.9 Å². The van der Waals surface area contributed by atoms with Gasteiger partial charge in [0.05, 0.1) is 19.6 Å². The van der Waals surface area contributed by atoms with Gasteiger partial charge in [0.15, 0.2) is 17.6 Å². The fraction of sp³-hybridized carbons (Fsp3) is 0.474. The second-order valence-corrected chi connectivity index (χ2v) is 6.95. The maximum atomic E-state index is 6.46. The summed E-state index contributed by atoms with van der Waals surface area (Å²) in [6, 6.07) is 4.72. The molecule has 4 nitrogen and oxygen atoms in total. The van der Waals surface area contributed by atoms with Crippen molar-refractivity contribution in [3.8, 4) is 11.5 Å². The van der Waals surface area contributed by atoms with E-state index >= 15 is 0 Å². The number of likely N-dealkylation sites (N-methyl/N-ethyl adjacent to an activating group) is 1. The monoisotopic (exact) mass is 311 g/mol. The molecular formula is C19H21NO3. The molecule has 5 rings (SSSR count). The molecular weight excluding hydrogens is 290 g/mol. The molecule has 0 saturated carbocycles. The molecule has 2 aliphatic heterocycles. The number of nitrogens with zero attached hydrogens (tertiary/aromatic N) is 1. The van der Waals surface area contributed by atoms with Gasteiger partial charge in [-0.25, -0.2) is 0 Å². The summed E-state index contributed by atoms with van der Waals surface area (Å²) < 4.78 is 17.7. The lowest BCUT2D eigenvalue weighted by atomic mass is 9.57. The third-order valence-electron chi connectivity index (χ3n) is 6.16. The van der Waals surface area contributed by atoms with Gasteiger partial charge in [-0.3, -0.25) is 4.90 Å². The van der Waals surface area contributed by atoms with Crippen LogP contribution in [-0.4, -0.2) is 44.9 Å². The van der Waals surface area contributed by atoms with Gasteiger partial charge in [0.25, 0.3) is 0 Å². The first-order valence-electron chi connectivity index (χ1n) is 8.24. The lowest BCUT2D eigenvalue weighted by Crippen LogP contribution is -2.58. The molecule has 1 aromatic rings. The predicted octanol–water partition coefficient (Wildman–Crippen LogP) is 2.42. The van der Waals surface area contributed by atoms with Crippen molar-refractivity contribution in [2.45, 2.75) is 30.4 Å². The summed E-state index contributed by atoms with van der Waals surface area (Å²) in [6.45, 7) is 1.08. The molecule has 1 aromatic carbocycles. The Balaban J connectivity index is 1.84. The van der Waals surface area contributed by atoms with E-state index in [0.717, 1.165) is 36.6 Å². The van der Waals surface area contributed by atoms with Crippen LogP contribution in [0.25, 0.3) is 0 Å². The zero-order chi connectivity index (χ0) is 15.8. The van der Waals surface area contributed by atoms with E-state index in [2.05, 4.69) is 30.2 Å². The van der Waals surface area contributed by atoms with Gasteiger partial charge in [0.1, 0.15) is 5.76 Å². The van der Waals surface area contributed by atoms with Crippen LogP contribution in [0.15, 0.2) is 35.6 Å². The highest BCUT2D eigenvalue weighted by Crippen LogP contribution is 2.62. The highest BCUT2D eigenvalue weighted by molar-refractivity contribution is 5.67. The standard InChI is InChI=1S/C19H21NO3/c1-20-9-8-19-12-5-7-15(22-3)18(19)23-17-14(21-2)6-4-11(16(17)19)10-13(12)20/h4-7,13,18H,8-10H2,1-3H3/t13-,18?,19+/m1/s1. The lowest BCUT2D eigenvalue weighted by Gasteiger charge is -2.52. The van der Waals surface area contributed by atoms with E-state index < -0.39 is 0 Å². The zero-order valence-corrected chi connectivity index (χ0v) is 13.8. The van der Waals surface area contributed by atoms with E-state index in [-0.39, 0.29) is 11.5 Å². The number of piperidine rings is 1. The molecule has 2 heterocycles. The number of ether oxygens (including phenoxy) is 3. The van der Waals surface area contributed by atoms with Crippen LogP contribution in [0.5, 0.6) is 11.5 Å². The van der Waals surface area contributed by atoms with Crippen LogP contribution in [0.1, 0.15) is 17.5 Å². The Morgan fingerprint density at radius 1 is 1.22 bits per heavy atom. The molecule has 0 radical (unpaired) electrons. The normalized spacial score (nSPS) is 33.3. The van der Waals surface area contributed by atoms with Gasteiger partial charge in [-0.2, -0.15) is 0 Å². The number of rotatable bonds is 2. The molecule has 23 heavy (non-hydrogen) atoms. The smallest absolute Gasteiger partial charge is 0.169 e. The summed E-state index contributed by atoms with van der Waals surface area (Å²) in [7, 11) is 5.68. The highest BCUT2D eigenvalue weighted by atomic mass is 16.6. The van der Waals surface area contributed by atoms with Crippen LogP contribution in [0.3, 0.4) is 0 Å². The van der Waals surface area contributed by atoms with Crippen molar-refractivity contribution in [1.82, 2.24) is 4.90 Å². The second kappa shape index (κ2) is 4.32. The molecule has 120 valence electrons. The predicted molar refractivity (Wildman–Crippen MR) is 87.0 cm³/mol. The van der Waals surface area contributed by atoms with Gasteiger partial charge < -0.3 is 14.2 Å². The third kappa shape index (κ3) is 1.41. The van der Waals surface area contributed by atoms with Gasteiger partial charge in [0, 0.05) is 11.6 Å². The van der Waals surface area contributed by atoms with Crippen molar-refractivity contribution < 1.29 is 14.2 Å². The van der Waals surface area contributed by atoms with Crippen LogP contribution in [0, 0.1) is 0 Å². The van der Waals surface area contributed by atoms with E-state index in [1.54, 1.807) is 14.2 Å². The molecule has 0 N–H and O–H groups in total. The molecule has 1 fully saturated rings. The third-order valence-corrected chi connectivity index (χ3v) is 6.16. The Labute approximate surface area is 136 Å². The van der Waals surface area contributed by atoms with Crippen molar-refractivity contribution in [2.24, 2.45) is 0 Å². The first-order chi connectivity index (χ1) is 11.2. The van der Waals surface area contributed by atoms with Gasteiger partial charge in [-0.15, -0.1) is 0 Å². The van der Waals surface area contributed by atoms with Crippen molar-refractivity contribution in [2.75, 3.05) is 27.8 Å². The average molecular weight is 311 g/mol. The minimum Gasteiger partial charge on any atom is -0.497 e. The first-order valence-corrected chi connectivity index (χ1v) is 8.24. The number of hydrogen-bond acceptors (Lipinski definition) is 4. The van der Waals surface area contributed by atoms with Gasteiger partial charge in [-0.05, 0) is 49.7 Å². The van der Waals surface area contributed by atoms with Crippen molar-refractivity contribution in [3.05, 3.63) is 46.7 Å². The molecule has 1 unspecified atom stereocenters. The highest BCUT2D eigenvalue weighted by Gasteiger charge is 2.61. The Bertz CT molecular complexity index is 766. The van der Waals surface area contributed by atoms with E-state index in [0.29, 0.717) is 6.04 Å².